The zero-order chi connectivity index (χ0) is 16.4. The van der Waals surface area contributed by atoms with Crippen LogP contribution < -0.4 is 5.32 Å². The van der Waals surface area contributed by atoms with Gasteiger partial charge in [-0.05, 0) is 18.1 Å². The van der Waals surface area contributed by atoms with E-state index in [4.69, 9.17) is 19.8 Å². The van der Waals surface area contributed by atoms with Crippen LogP contribution in [0.2, 0.25) is 0 Å². The van der Waals surface area contributed by atoms with Gasteiger partial charge in [-0.3, -0.25) is 0 Å². The van der Waals surface area contributed by atoms with E-state index in [-0.39, 0.29) is 0 Å². The molecular formula is C17H19NO4. The fraction of sp³-hybridized carbons (Fsp3) is 0.176. The predicted molar refractivity (Wildman–Crippen MR) is 83.4 cm³/mol. The Bertz CT molecular complexity index is 572. The summed E-state index contributed by atoms with van der Waals surface area (Å²) in [4.78, 5) is 18.2. The highest BCUT2D eigenvalue weighted by Gasteiger charge is 2.04. The van der Waals surface area contributed by atoms with Crippen molar-refractivity contribution in [1.82, 2.24) is 5.32 Å². The van der Waals surface area contributed by atoms with E-state index in [9.17, 15) is 0 Å². The Hall–Kier alpha value is -2.66. The summed E-state index contributed by atoms with van der Waals surface area (Å²) < 4.78 is 0. The minimum absolute atomic E-state index is 0.390. The monoisotopic (exact) mass is 301 g/mol. The molecule has 0 spiro atoms. The summed E-state index contributed by atoms with van der Waals surface area (Å²) in [5, 5.41) is 18.3. The second kappa shape index (κ2) is 9.31. The van der Waals surface area contributed by atoms with Crippen molar-refractivity contribution in [3.05, 3.63) is 71.8 Å². The van der Waals surface area contributed by atoms with E-state index in [1.54, 1.807) is 0 Å². The van der Waals surface area contributed by atoms with E-state index in [2.05, 4.69) is 60.8 Å². The van der Waals surface area contributed by atoms with E-state index < -0.39 is 11.9 Å². The first kappa shape index (κ1) is 17.4. The van der Waals surface area contributed by atoms with Gasteiger partial charge in [-0.2, -0.15) is 0 Å². The zero-order valence-corrected chi connectivity index (χ0v) is 12.3. The first-order valence-electron chi connectivity index (χ1n) is 6.79. The largest absolute Gasteiger partial charge is 0.473 e. The lowest BCUT2D eigenvalue weighted by molar-refractivity contribution is -0.159. The summed E-state index contributed by atoms with van der Waals surface area (Å²) in [5.74, 6) is -3.65. The topological polar surface area (TPSA) is 86.6 Å². The van der Waals surface area contributed by atoms with Crippen LogP contribution in [0.3, 0.4) is 0 Å². The maximum absolute atomic E-state index is 9.10. The second-order valence-electron chi connectivity index (χ2n) is 4.61. The molecule has 3 N–H and O–H groups in total. The van der Waals surface area contributed by atoms with Crippen molar-refractivity contribution in [2.24, 2.45) is 0 Å². The Morgan fingerprint density at radius 2 is 1.36 bits per heavy atom. The van der Waals surface area contributed by atoms with E-state index in [0.717, 1.165) is 6.54 Å². The van der Waals surface area contributed by atoms with E-state index in [0.29, 0.717) is 6.04 Å². The van der Waals surface area contributed by atoms with Crippen molar-refractivity contribution in [2.75, 3.05) is 0 Å². The highest BCUT2D eigenvalue weighted by Crippen LogP contribution is 2.11. The Labute approximate surface area is 129 Å². The SMILES string of the molecule is CC(NCc1ccccc1)c1ccccc1.O=C(O)C(=O)O. The highest BCUT2D eigenvalue weighted by molar-refractivity contribution is 6.27. The molecule has 5 nitrogen and oxygen atoms in total. The molecule has 5 heteroatoms. The average Bonchev–Trinajstić information content (AvgIpc) is 2.55. The number of aliphatic carboxylic acids is 2. The molecule has 0 fully saturated rings. The molecule has 0 heterocycles. The molecule has 22 heavy (non-hydrogen) atoms. The number of carbonyl (C=O) groups is 2. The minimum atomic E-state index is -1.82. The third-order valence-electron chi connectivity index (χ3n) is 2.94. The van der Waals surface area contributed by atoms with Crippen molar-refractivity contribution in [2.45, 2.75) is 19.5 Å². The standard InChI is InChI=1S/C15H17N.C2H2O4/c1-13(15-10-6-3-7-11-15)16-12-14-8-4-2-5-9-14;3-1(4)2(5)6/h2-11,13,16H,12H2,1H3;(H,3,4)(H,5,6). The maximum Gasteiger partial charge on any atom is 0.414 e. The molecule has 2 aromatic rings. The molecular weight excluding hydrogens is 282 g/mol. The van der Waals surface area contributed by atoms with Gasteiger partial charge in [-0.25, -0.2) is 9.59 Å². The summed E-state index contributed by atoms with van der Waals surface area (Å²) in [7, 11) is 0. The third kappa shape index (κ3) is 6.67. The smallest absolute Gasteiger partial charge is 0.414 e. The fourth-order valence-electron chi connectivity index (χ4n) is 1.73. The molecule has 0 radical (unpaired) electrons. The first-order chi connectivity index (χ1) is 10.5. The number of benzene rings is 2. The average molecular weight is 301 g/mol. The molecule has 1 unspecified atom stereocenters. The number of hydrogen-bond acceptors (Lipinski definition) is 3. The Kier molecular flexibility index (Phi) is 7.36. The lowest BCUT2D eigenvalue weighted by Crippen LogP contribution is -2.17. The normalized spacial score (nSPS) is 11.0. The number of nitrogens with one attached hydrogen (secondary N) is 1. The fourth-order valence-corrected chi connectivity index (χ4v) is 1.73. The summed E-state index contributed by atoms with van der Waals surface area (Å²) in [6, 6.07) is 21.4. The molecule has 1 atom stereocenters. The van der Waals surface area contributed by atoms with Crippen LogP contribution in [0.1, 0.15) is 24.1 Å². The zero-order valence-electron chi connectivity index (χ0n) is 12.3. The maximum atomic E-state index is 9.10. The molecule has 0 aromatic heterocycles. The molecule has 0 bridgehead atoms. The van der Waals surface area contributed by atoms with Gasteiger partial charge in [0.1, 0.15) is 0 Å². The van der Waals surface area contributed by atoms with Crippen LogP contribution in [0, 0.1) is 0 Å². The molecule has 0 amide bonds. The van der Waals surface area contributed by atoms with Crippen molar-refractivity contribution < 1.29 is 19.8 Å². The predicted octanol–water partition coefficient (Wildman–Crippen LogP) is 2.69. The third-order valence-corrected chi connectivity index (χ3v) is 2.94. The van der Waals surface area contributed by atoms with Crippen molar-refractivity contribution in [3.8, 4) is 0 Å². The van der Waals surface area contributed by atoms with Crippen LogP contribution in [-0.2, 0) is 16.1 Å². The van der Waals surface area contributed by atoms with Crippen LogP contribution in [-0.4, -0.2) is 22.2 Å². The molecule has 2 aromatic carbocycles. The number of carboxylic acid groups (broad SMARTS) is 2. The molecule has 0 aliphatic heterocycles. The van der Waals surface area contributed by atoms with Gasteiger partial charge in [-0.1, -0.05) is 60.7 Å². The van der Waals surface area contributed by atoms with Gasteiger partial charge in [0.15, 0.2) is 0 Å². The Morgan fingerprint density at radius 1 is 0.909 bits per heavy atom. The second-order valence-corrected chi connectivity index (χ2v) is 4.61. The van der Waals surface area contributed by atoms with Crippen LogP contribution in [0.5, 0.6) is 0 Å². The quantitative estimate of drug-likeness (QED) is 0.756. The summed E-state index contributed by atoms with van der Waals surface area (Å²) in [5.41, 5.74) is 2.66. The summed E-state index contributed by atoms with van der Waals surface area (Å²) >= 11 is 0. The van der Waals surface area contributed by atoms with Crippen molar-refractivity contribution in [3.63, 3.8) is 0 Å². The van der Waals surface area contributed by atoms with Gasteiger partial charge >= 0.3 is 11.9 Å². The molecule has 116 valence electrons. The Morgan fingerprint density at radius 3 is 1.82 bits per heavy atom. The lowest BCUT2D eigenvalue weighted by Gasteiger charge is -2.14. The molecule has 0 aliphatic rings. The highest BCUT2D eigenvalue weighted by atomic mass is 16.4. The Balaban J connectivity index is 0.000000346. The van der Waals surface area contributed by atoms with E-state index >= 15 is 0 Å². The molecule has 0 aliphatic carbocycles. The summed E-state index contributed by atoms with van der Waals surface area (Å²) in [6.45, 7) is 3.11. The first-order valence-corrected chi connectivity index (χ1v) is 6.79. The lowest BCUT2D eigenvalue weighted by atomic mass is 10.1. The van der Waals surface area contributed by atoms with Gasteiger partial charge in [0.2, 0.25) is 0 Å². The number of carboxylic acids is 2. The number of hydrogen-bond donors (Lipinski definition) is 3. The molecule has 2 rings (SSSR count). The van der Waals surface area contributed by atoms with E-state index in [1.165, 1.54) is 11.1 Å². The van der Waals surface area contributed by atoms with Gasteiger partial charge in [0.25, 0.3) is 0 Å². The van der Waals surface area contributed by atoms with Gasteiger partial charge in [0, 0.05) is 12.6 Å². The van der Waals surface area contributed by atoms with Crippen LogP contribution in [0.15, 0.2) is 60.7 Å². The summed E-state index contributed by atoms with van der Waals surface area (Å²) in [6.07, 6.45) is 0. The van der Waals surface area contributed by atoms with Crippen LogP contribution in [0.4, 0.5) is 0 Å². The molecule has 0 saturated carbocycles. The van der Waals surface area contributed by atoms with E-state index in [1.807, 2.05) is 12.1 Å². The van der Waals surface area contributed by atoms with Crippen molar-refractivity contribution in [1.29, 1.82) is 0 Å². The minimum Gasteiger partial charge on any atom is -0.473 e. The van der Waals surface area contributed by atoms with Crippen molar-refractivity contribution >= 4 is 11.9 Å². The molecule has 0 saturated heterocycles. The van der Waals surface area contributed by atoms with Gasteiger partial charge < -0.3 is 15.5 Å². The van der Waals surface area contributed by atoms with Crippen LogP contribution >= 0.6 is 0 Å². The van der Waals surface area contributed by atoms with Gasteiger partial charge in [0.05, 0.1) is 0 Å². The number of rotatable bonds is 4. The van der Waals surface area contributed by atoms with Crippen LogP contribution in [0.25, 0.3) is 0 Å². The van der Waals surface area contributed by atoms with Gasteiger partial charge in [-0.15, -0.1) is 0 Å².